The molecule has 1 amide bonds. The van der Waals surface area contributed by atoms with Crippen LogP contribution in [0.2, 0.25) is 10.2 Å². The largest absolute Gasteiger partial charge is 0.280 e. The maximum atomic E-state index is 13.8. The Balaban J connectivity index is 1.60. The van der Waals surface area contributed by atoms with Crippen molar-refractivity contribution in [1.82, 2.24) is 15.6 Å². The van der Waals surface area contributed by atoms with Gasteiger partial charge in [0.2, 0.25) is 5.91 Å². The Morgan fingerprint density at radius 3 is 2.73 bits per heavy atom. The van der Waals surface area contributed by atoms with E-state index in [9.17, 15) is 9.18 Å². The fourth-order valence-electron chi connectivity index (χ4n) is 2.27. The molecule has 3 rings (SSSR count). The Morgan fingerprint density at radius 2 is 2.05 bits per heavy atom. The first-order valence-electron chi connectivity index (χ1n) is 6.55. The number of nitrogens with one attached hydrogen (secondary N) is 2. The molecule has 1 aromatic carbocycles. The summed E-state index contributed by atoms with van der Waals surface area (Å²) in [5.74, 6) is -0.793. The molecule has 1 aliphatic carbocycles. The molecule has 0 saturated heterocycles. The summed E-state index contributed by atoms with van der Waals surface area (Å²) in [6.45, 7) is 0. The zero-order valence-electron chi connectivity index (χ0n) is 11.2. The van der Waals surface area contributed by atoms with E-state index in [1.165, 1.54) is 6.07 Å². The normalized spacial score (nSPS) is 19.6. The summed E-state index contributed by atoms with van der Waals surface area (Å²) in [5.41, 5.74) is 5.55. The van der Waals surface area contributed by atoms with Crippen molar-refractivity contribution < 1.29 is 9.18 Å². The first kappa shape index (κ1) is 15.0. The molecule has 114 valence electrons. The van der Waals surface area contributed by atoms with Crippen LogP contribution in [-0.4, -0.2) is 16.1 Å². The molecule has 5 nitrogen and oxygen atoms in total. The van der Waals surface area contributed by atoms with Crippen LogP contribution in [0.5, 0.6) is 0 Å². The lowest BCUT2D eigenvalue weighted by molar-refractivity contribution is -0.121. The van der Waals surface area contributed by atoms with E-state index in [0.29, 0.717) is 22.8 Å². The number of hydrazine groups is 1. The molecular weight excluding hydrogens is 330 g/mol. The number of amides is 1. The number of aromatic nitrogens is 2. The predicted molar refractivity (Wildman–Crippen MR) is 81.1 cm³/mol. The molecule has 1 saturated carbocycles. The van der Waals surface area contributed by atoms with Gasteiger partial charge in [0.15, 0.2) is 11.0 Å². The molecule has 2 atom stereocenters. The average molecular weight is 341 g/mol. The molecule has 0 unspecified atom stereocenters. The number of anilines is 1. The number of benzene rings is 1. The van der Waals surface area contributed by atoms with E-state index < -0.39 is 0 Å². The van der Waals surface area contributed by atoms with Crippen LogP contribution >= 0.6 is 23.2 Å². The first-order chi connectivity index (χ1) is 10.6. The van der Waals surface area contributed by atoms with Crippen LogP contribution in [-0.2, 0) is 4.79 Å². The predicted octanol–water partition coefficient (Wildman–Crippen LogP) is 3.17. The molecular formula is C14H11Cl2FN4O. The highest BCUT2D eigenvalue weighted by Gasteiger charge is 2.46. The Morgan fingerprint density at radius 1 is 1.23 bits per heavy atom. The van der Waals surface area contributed by atoms with Gasteiger partial charge in [-0.25, -0.2) is 4.39 Å². The average Bonchev–Trinajstić information content (AvgIpc) is 3.26. The van der Waals surface area contributed by atoms with Gasteiger partial charge in [0.25, 0.3) is 0 Å². The number of hydrogen-bond donors (Lipinski definition) is 2. The van der Waals surface area contributed by atoms with Crippen LogP contribution in [0.15, 0.2) is 30.3 Å². The maximum Gasteiger partial charge on any atom is 0.242 e. The van der Waals surface area contributed by atoms with Gasteiger partial charge < -0.3 is 0 Å². The highest BCUT2D eigenvalue weighted by molar-refractivity contribution is 6.31. The topological polar surface area (TPSA) is 66.9 Å². The summed E-state index contributed by atoms with van der Waals surface area (Å²) in [7, 11) is 0. The lowest BCUT2D eigenvalue weighted by atomic mass is 10.1. The van der Waals surface area contributed by atoms with Crippen molar-refractivity contribution in [1.29, 1.82) is 0 Å². The molecule has 0 aliphatic heterocycles. The third-order valence-corrected chi connectivity index (χ3v) is 3.97. The minimum absolute atomic E-state index is 0.202. The monoisotopic (exact) mass is 340 g/mol. The molecule has 1 aromatic heterocycles. The van der Waals surface area contributed by atoms with E-state index >= 15 is 0 Å². The third-order valence-electron chi connectivity index (χ3n) is 3.44. The van der Waals surface area contributed by atoms with Gasteiger partial charge in [0.05, 0.1) is 0 Å². The number of halogens is 3. The van der Waals surface area contributed by atoms with Gasteiger partial charge in [0.1, 0.15) is 5.82 Å². The highest BCUT2D eigenvalue weighted by Crippen LogP contribution is 2.50. The van der Waals surface area contributed by atoms with Gasteiger partial charge in [-0.3, -0.25) is 15.6 Å². The van der Waals surface area contributed by atoms with E-state index in [4.69, 9.17) is 23.2 Å². The minimum atomic E-state index is -0.385. The Bertz CT molecular complexity index is 690. The second-order valence-electron chi connectivity index (χ2n) is 4.94. The smallest absolute Gasteiger partial charge is 0.242 e. The van der Waals surface area contributed by atoms with Crippen molar-refractivity contribution in [2.45, 2.75) is 12.3 Å². The zero-order valence-corrected chi connectivity index (χ0v) is 12.7. The number of nitrogens with zero attached hydrogens (tertiary/aromatic N) is 2. The summed E-state index contributed by atoms with van der Waals surface area (Å²) in [4.78, 5) is 12.0. The molecule has 1 heterocycles. The van der Waals surface area contributed by atoms with Gasteiger partial charge in [-0.1, -0.05) is 29.3 Å². The Labute approximate surface area is 135 Å². The molecule has 0 radical (unpaired) electrons. The van der Waals surface area contributed by atoms with Crippen molar-refractivity contribution >= 4 is 34.9 Å². The van der Waals surface area contributed by atoms with Gasteiger partial charge in [-0.2, -0.15) is 0 Å². The summed E-state index contributed by atoms with van der Waals surface area (Å²) < 4.78 is 13.8. The standard InChI is InChI=1S/C14H11Cl2FN4O/c15-9-2-1-3-10(17)13(9)7-6-8(7)14(22)21-20-12-5-4-11(16)18-19-12/h1-5,7-8H,6H2,(H,19,20)(H,21,22)/t7-,8+/m1/s1. The summed E-state index contributed by atoms with van der Waals surface area (Å²) >= 11 is 11.6. The van der Waals surface area contributed by atoms with Crippen LogP contribution < -0.4 is 10.9 Å². The fourth-order valence-corrected chi connectivity index (χ4v) is 2.67. The van der Waals surface area contributed by atoms with E-state index in [1.54, 1.807) is 24.3 Å². The molecule has 0 bridgehead atoms. The highest BCUT2D eigenvalue weighted by atomic mass is 35.5. The van der Waals surface area contributed by atoms with Crippen LogP contribution in [0.3, 0.4) is 0 Å². The van der Waals surface area contributed by atoms with Crippen LogP contribution in [0, 0.1) is 11.7 Å². The second-order valence-corrected chi connectivity index (χ2v) is 5.73. The number of hydrogen-bond acceptors (Lipinski definition) is 4. The Kier molecular flexibility index (Phi) is 4.13. The maximum absolute atomic E-state index is 13.8. The number of carbonyl (C=O) groups excluding carboxylic acids is 1. The van der Waals surface area contributed by atoms with Crippen molar-refractivity contribution in [2.75, 3.05) is 5.43 Å². The van der Waals surface area contributed by atoms with Gasteiger partial charge in [0, 0.05) is 22.4 Å². The lowest BCUT2D eigenvalue weighted by Crippen LogP contribution is -2.31. The molecule has 0 spiro atoms. The summed E-state index contributed by atoms with van der Waals surface area (Å²) in [5, 5.41) is 7.99. The second kappa shape index (κ2) is 6.06. The Hall–Kier alpha value is -1.92. The van der Waals surface area contributed by atoms with Gasteiger partial charge in [-0.15, -0.1) is 10.2 Å². The van der Waals surface area contributed by atoms with Crippen molar-refractivity contribution in [3.05, 3.63) is 51.9 Å². The molecule has 8 heteroatoms. The van der Waals surface area contributed by atoms with E-state index in [2.05, 4.69) is 21.0 Å². The van der Waals surface area contributed by atoms with E-state index in [1.807, 2.05) is 0 Å². The zero-order chi connectivity index (χ0) is 15.7. The quantitative estimate of drug-likeness (QED) is 0.839. The van der Waals surface area contributed by atoms with Crippen LogP contribution in [0.1, 0.15) is 17.9 Å². The molecule has 1 fully saturated rings. The van der Waals surface area contributed by atoms with Gasteiger partial charge >= 0.3 is 0 Å². The van der Waals surface area contributed by atoms with E-state index in [-0.39, 0.29) is 28.7 Å². The number of rotatable bonds is 4. The third kappa shape index (κ3) is 3.13. The van der Waals surface area contributed by atoms with Crippen LogP contribution in [0.4, 0.5) is 10.2 Å². The molecule has 22 heavy (non-hydrogen) atoms. The number of carbonyl (C=O) groups is 1. The molecule has 2 aromatic rings. The fraction of sp³-hybridized carbons (Fsp3) is 0.214. The van der Waals surface area contributed by atoms with Crippen molar-refractivity contribution in [3.8, 4) is 0 Å². The van der Waals surface area contributed by atoms with Crippen molar-refractivity contribution in [3.63, 3.8) is 0 Å². The first-order valence-corrected chi connectivity index (χ1v) is 7.31. The van der Waals surface area contributed by atoms with Gasteiger partial charge in [-0.05, 0) is 30.7 Å². The van der Waals surface area contributed by atoms with Crippen LogP contribution in [0.25, 0.3) is 0 Å². The SMILES string of the molecule is O=C(NNc1ccc(Cl)nn1)[C@H]1C[C@H]1c1c(F)cccc1Cl. The summed E-state index contributed by atoms with van der Waals surface area (Å²) in [6, 6.07) is 7.63. The molecule has 2 N–H and O–H groups in total. The summed E-state index contributed by atoms with van der Waals surface area (Å²) in [6.07, 6.45) is 0.556. The van der Waals surface area contributed by atoms with Crippen molar-refractivity contribution in [2.24, 2.45) is 5.92 Å². The van der Waals surface area contributed by atoms with E-state index in [0.717, 1.165) is 0 Å². The lowest BCUT2D eigenvalue weighted by Gasteiger charge is -2.08. The molecule has 1 aliphatic rings. The minimum Gasteiger partial charge on any atom is -0.280 e.